The lowest BCUT2D eigenvalue weighted by molar-refractivity contribution is 0.199. The Morgan fingerprint density at radius 1 is 1.19 bits per heavy atom. The van der Waals surface area contributed by atoms with Crippen molar-refractivity contribution in [3.05, 3.63) is 59.7 Å². The summed E-state index contributed by atoms with van der Waals surface area (Å²) in [5.74, 6) is 0.821. The fourth-order valence-corrected chi connectivity index (χ4v) is 2.80. The van der Waals surface area contributed by atoms with Crippen LogP contribution < -0.4 is 10.5 Å². The summed E-state index contributed by atoms with van der Waals surface area (Å²) in [6.07, 6.45) is 1.29. The van der Waals surface area contributed by atoms with Crippen molar-refractivity contribution in [2.24, 2.45) is 0 Å². The largest absolute Gasteiger partial charge is 0.487 e. The van der Waals surface area contributed by atoms with Gasteiger partial charge in [0.25, 0.3) is 0 Å². The first-order chi connectivity index (χ1) is 10.2. The fourth-order valence-electron chi connectivity index (χ4n) is 2.80. The second-order valence-electron chi connectivity index (χ2n) is 5.79. The lowest BCUT2D eigenvalue weighted by Crippen LogP contribution is -2.24. The van der Waals surface area contributed by atoms with Crippen molar-refractivity contribution >= 4 is 5.69 Å². The predicted molar refractivity (Wildman–Crippen MR) is 86.3 cm³/mol. The van der Waals surface area contributed by atoms with Crippen LogP contribution in [0, 0.1) is 6.92 Å². The van der Waals surface area contributed by atoms with Crippen LogP contribution in [0.4, 0.5) is 5.69 Å². The number of aryl methyl sites for hydroxylation is 1. The Labute approximate surface area is 126 Å². The van der Waals surface area contributed by atoms with Gasteiger partial charge in [0, 0.05) is 19.6 Å². The molecule has 0 amide bonds. The number of anilines is 1. The van der Waals surface area contributed by atoms with Gasteiger partial charge in [0.1, 0.15) is 11.9 Å². The first-order valence-corrected chi connectivity index (χ1v) is 7.50. The maximum Gasteiger partial charge on any atom is 0.142 e. The van der Waals surface area contributed by atoms with E-state index in [-0.39, 0.29) is 6.10 Å². The second kappa shape index (κ2) is 6.19. The zero-order valence-corrected chi connectivity index (χ0v) is 12.5. The van der Waals surface area contributed by atoms with Gasteiger partial charge >= 0.3 is 0 Å². The number of benzene rings is 2. The molecule has 1 aliphatic rings. The molecule has 0 radical (unpaired) electrons. The van der Waals surface area contributed by atoms with Crippen LogP contribution in [-0.4, -0.2) is 24.1 Å². The maximum atomic E-state index is 6.09. The summed E-state index contributed by atoms with van der Waals surface area (Å²) < 4.78 is 6.09. The van der Waals surface area contributed by atoms with E-state index in [1.165, 1.54) is 11.1 Å². The topological polar surface area (TPSA) is 38.5 Å². The van der Waals surface area contributed by atoms with E-state index in [9.17, 15) is 0 Å². The van der Waals surface area contributed by atoms with E-state index >= 15 is 0 Å². The molecule has 110 valence electrons. The summed E-state index contributed by atoms with van der Waals surface area (Å²) in [6, 6.07) is 16.5. The van der Waals surface area contributed by atoms with E-state index < -0.39 is 0 Å². The third kappa shape index (κ3) is 3.56. The van der Waals surface area contributed by atoms with E-state index in [0.717, 1.165) is 37.5 Å². The Hall–Kier alpha value is -2.00. The highest BCUT2D eigenvalue weighted by molar-refractivity contribution is 5.53. The van der Waals surface area contributed by atoms with Gasteiger partial charge in [-0.2, -0.15) is 0 Å². The molecule has 1 unspecified atom stereocenters. The average Bonchev–Trinajstić information content (AvgIpc) is 2.91. The number of likely N-dealkylation sites (tertiary alicyclic amines) is 1. The van der Waals surface area contributed by atoms with Crippen LogP contribution >= 0.6 is 0 Å². The molecule has 1 heterocycles. The van der Waals surface area contributed by atoms with E-state index in [4.69, 9.17) is 10.5 Å². The predicted octanol–water partition coefficient (Wildman–Crippen LogP) is 3.23. The number of rotatable bonds is 4. The summed E-state index contributed by atoms with van der Waals surface area (Å²) in [4.78, 5) is 2.44. The first-order valence-electron chi connectivity index (χ1n) is 7.50. The van der Waals surface area contributed by atoms with Gasteiger partial charge in [-0.25, -0.2) is 0 Å². The second-order valence-corrected chi connectivity index (χ2v) is 5.79. The SMILES string of the molecule is Cc1ccc(N)c(OC2CCN(Cc3ccccc3)C2)c1. The maximum absolute atomic E-state index is 6.09. The van der Waals surface area contributed by atoms with Crippen LogP contribution in [0.1, 0.15) is 17.5 Å². The molecule has 1 aliphatic heterocycles. The molecular formula is C18H22N2O. The molecule has 2 N–H and O–H groups in total. The third-order valence-corrected chi connectivity index (χ3v) is 3.94. The number of hydrogen-bond acceptors (Lipinski definition) is 3. The molecule has 0 spiro atoms. The molecule has 2 aromatic rings. The lowest BCUT2D eigenvalue weighted by Gasteiger charge is -2.18. The van der Waals surface area contributed by atoms with Crippen molar-refractivity contribution in [2.45, 2.75) is 26.0 Å². The molecule has 1 fully saturated rings. The normalized spacial score (nSPS) is 18.8. The van der Waals surface area contributed by atoms with Gasteiger partial charge in [0.2, 0.25) is 0 Å². The van der Waals surface area contributed by atoms with Crippen LogP contribution in [0.15, 0.2) is 48.5 Å². The minimum absolute atomic E-state index is 0.234. The summed E-state index contributed by atoms with van der Waals surface area (Å²) >= 11 is 0. The van der Waals surface area contributed by atoms with Crippen molar-refractivity contribution in [1.29, 1.82) is 0 Å². The summed E-state index contributed by atoms with van der Waals surface area (Å²) in [7, 11) is 0. The summed E-state index contributed by atoms with van der Waals surface area (Å²) in [6.45, 7) is 5.08. The van der Waals surface area contributed by atoms with Crippen LogP contribution in [0.5, 0.6) is 5.75 Å². The minimum atomic E-state index is 0.234. The minimum Gasteiger partial charge on any atom is -0.487 e. The van der Waals surface area contributed by atoms with Gasteiger partial charge in [0.05, 0.1) is 5.69 Å². The van der Waals surface area contributed by atoms with E-state index in [1.54, 1.807) is 0 Å². The molecule has 0 saturated carbocycles. The van der Waals surface area contributed by atoms with Crippen molar-refractivity contribution < 1.29 is 4.74 Å². The monoisotopic (exact) mass is 282 g/mol. The fraction of sp³-hybridized carbons (Fsp3) is 0.333. The molecule has 2 aromatic carbocycles. The Morgan fingerprint density at radius 2 is 2.00 bits per heavy atom. The van der Waals surface area contributed by atoms with Gasteiger partial charge in [-0.1, -0.05) is 36.4 Å². The standard InChI is InChI=1S/C18H22N2O/c1-14-7-8-17(19)18(11-14)21-16-9-10-20(13-16)12-15-5-3-2-4-6-15/h2-8,11,16H,9-10,12-13,19H2,1H3. The van der Waals surface area contributed by atoms with Crippen molar-refractivity contribution in [3.8, 4) is 5.75 Å². The van der Waals surface area contributed by atoms with Crippen LogP contribution in [0.25, 0.3) is 0 Å². The zero-order chi connectivity index (χ0) is 14.7. The highest BCUT2D eigenvalue weighted by atomic mass is 16.5. The number of nitrogens with two attached hydrogens (primary N) is 1. The molecule has 3 nitrogen and oxygen atoms in total. The Morgan fingerprint density at radius 3 is 2.81 bits per heavy atom. The number of nitrogen functional groups attached to an aromatic ring is 1. The summed E-state index contributed by atoms with van der Waals surface area (Å²) in [5.41, 5.74) is 9.25. The van der Waals surface area contributed by atoms with Crippen LogP contribution in [-0.2, 0) is 6.54 Å². The van der Waals surface area contributed by atoms with Gasteiger partial charge < -0.3 is 10.5 Å². The van der Waals surface area contributed by atoms with Crippen molar-refractivity contribution in [2.75, 3.05) is 18.8 Å². The third-order valence-electron chi connectivity index (χ3n) is 3.94. The molecule has 3 heteroatoms. The van der Waals surface area contributed by atoms with Gasteiger partial charge in [-0.15, -0.1) is 0 Å². The molecule has 3 rings (SSSR count). The summed E-state index contributed by atoms with van der Waals surface area (Å²) in [5, 5.41) is 0. The molecule has 0 aliphatic carbocycles. The van der Waals surface area contributed by atoms with Crippen LogP contribution in [0.2, 0.25) is 0 Å². The van der Waals surface area contributed by atoms with Crippen molar-refractivity contribution in [1.82, 2.24) is 4.90 Å². The van der Waals surface area contributed by atoms with Gasteiger partial charge in [0.15, 0.2) is 0 Å². The molecule has 0 aromatic heterocycles. The highest BCUT2D eigenvalue weighted by Crippen LogP contribution is 2.26. The molecule has 1 saturated heterocycles. The molecule has 0 bridgehead atoms. The van der Waals surface area contributed by atoms with E-state index in [1.807, 2.05) is 18.2 Å². The number of hydrogen-bond donors (Lipinski definition) is 1. The smallest absolute Gasteiger partial charge is 0.142 e. The Bertz CT molecular complexity index is 597. The lowest BCUT2D eigenvalue weighted by atomic mass is 10.2. The quantitative estimate of drug-likeness (QED) is 0.875. The number of ether oxygens (including phenoxy) is 1. The van der Waals surface area contributed by atoms with E-state index in [2.05, 4.69) is 42.2 Å². The molecule has 1 atom stereocenters. The Balaban J connectivity index is 1.58. The molecule has 21 heavy (non-hydrogen) atoms. The van der Waals surface area contributed by atoms with Gasteiger partial charge in [-0.3, -0.25) is 4.90 Å². The van der Waals surface area contributed by atoms with Crippen LogP contribution in [0.3, 0.4) is 0 Å². The highest BCUT2D eigenvalue weighted by Gasteiger charge is 2.24. The number of nitrogens with zero attached hydrogens (tertiary/aromatic N) is 1. The zero-order valence-electron chi connectivity index (χ0n) is 12.5. The molecular weight excluding hydrogens is 260 g/mol. The first kappa shape index (κ1) is 14.0. The average molecular weight is 282 g/mol. The Kier molecular flexibility index (Phi) is 4.11. The van der Waals surface area contributed by atoms with E-state index in [0.29, 0.717) is 0 Å². The van der Waals surface area contributed by atoms with Crippen molar-refractivity contribution in [3.63, 3.8) is 0 Å². The van der Waals surface area contributed by atoms with Gasteiger partial charge in [-0.05, 0) is 36.6 Å².